The molecule has 0 unspecified atom stereocenters. The largest absolute Gasteiger partial charge is 0.491 e. The van der Waals surface area contributed by atoms with Gasteiger partial charge in [-0.25, -0.2) is 4.79 Å². The van der Waals surface area contributed by atoms with Gasteiger partial charge in [0.25, 0.3) is 0 Å². The fourth-order valence-electron chi connectivity index (χ4n) is 3.41. The van der Waals surface area contributed by atoms with Gasteiger partial charge in [0.05, 0.1) is 12.3 Å². The van der Waals surface area contributed by atoms with Gasteiger partial charge >= 0.3 is 6.09 Å². The Morgan fingerprint density at radius 2 is 1.92 bits per heavy atom. The van der Waals surface area contributed by atoms with E-state index in [0.717, 1.165) is 50.6 Å². The van der Waals surface area contributed by atoms with Crippen molar-refractivity contribution < 1.29 is 14.3 Å². The van der Waals surface area contributed by atoms with E-state index in [9.17, 15) is 4.79 Å². The van der Waals surface area contributed by atoms with E-state index in [4.69, 9.17) is 9.47 Å². The van der Waals surface area contributed by atoms with Crippen LogP contribution < -0.4 is 15.0 Å². The van der Waals surface area contributed by atoms with Gasteiger partial charge in [-0.05, 0) is 39.3 Å². The standard InChI is InChI=1S/C20H31N3O3/c1-20(2,3)26-19(24)23-11-8-16(14-23)15-25-18-7-5-4-6-17(18)22-12-9-21-10-13-22/h4-7,16,21H,8-15H2,1-3H3/t16-/m1/s1. The molecule has 2 heterocycles. The summed E-state index contributed by atoms with van der Waals surface area (Å²) in [5, 5.41) is 3.38. The van der Waals surface area contributed by atoms with Crippen LogP contribution >= 0.6 is 0 Å². The maximum Gasteiger partial charge on any atom is 0.410 e. The van der Waals surface area contributed by atoms with Crippen LogP contribution in [0.3, 0.4) is 0 Å². The minimum absolute atomic E-state index is 0.221. The Bertz CT molecular complexity index is 609. The third kappa shape index (κ3) is 5.04. The zero-order valence-electron chi connectivity index (χ0n) is 16.2. The number of piperazine rings is 1. The Morgan fingerprint density at radius 1 is 1.19 bits per heavy atom. The average Bonchev–Trinajstić information content (AvgIpc) is 3.09. The molecule has 1 amide bonds. The monoisotopic (exact) mass is 361 g/mol. The lowest BCUT2D eigenvalue weighted by atomic mass is 10.1. The van der Waals surface area contributed by atoms with Crippen molar-refractivity contribution in [1.29, 1.82) is 0 Å². The normalized spacial score (nSPS) is 21.0. The Hall–Kier alpha value is -1.95. The molecule has 1 atom stereocenters. The SMILES string of the molecule is CC(C)(C)OC(=O)N1CC[C@@H](COc2ccccc2N2CCNCC2)C1. The third-order valence-electron chi connectivity index (χ3n) is 4.74. The number of likely N-dealkylation sites (tertiary alicyclic amines) is 1. The van der Waals surface area contributed by atoms with Gasteiger partial charge in [-0.15, -0.1) is 0 Å². The molecule has 0 bridgehead atoms. The van der Waals surface area contributed by atoms with Crippen molar-refractivity contribution >= 4 is 11.8 Å². The second kappa shape index (κ2) is 8.16. The molecule has 1 N–H and O–H groups in total. The topological polar surface area (TPSA) is 54.0 Å². The molecule has 1 aromatic carbocycles. The first-order valence-corrected chi connectivity index (χ1v) is 9.58. The summed E-state index contributed by atoms with van der Waals surface area (Å²) >= 11 is 0. The summed E-state index contributed by atoms with van der Waals surface area (Å²) in [5.41, 5.74) is 0.712. The van der Waals surface area contributed by atoms with E-state index in [0.29, 0.717) is 19.1 Å². The summed E-state index contributed by atoms with van der Waals surface area (Å²) in [6, 6.07) is 8.24. The van der Waals surface area contributed by atoms with Gasteiger partial charge in [-0.3, -0.25) is 0 Å². The summed E-state index contributed by atoms with van der Waals surface area (Å²) < 4.78 is 11.6. The molecule has 1 aromatic rings. The zero-order chi connectivity index (χ0) is 18.6. The number of rotatable bonds is 4. The van der Waals surface area contributed by atoms with Gasteiger partial charge < -0.3 is 24.6 Å². The molecule has 2 saturated heterocycles. The third-order valence-corrected chi connectivity index (χ3v) is 4.74. The first-order chi connectivity index (χ1) is 12.4. The van der Waals surface area contributed by atoms with Crippen LogP contribution in [0.2, 0.25) is 0 Å². The molecular weight excluding hydrogens is 330 g/mol. The molecule has 2 aliphatic rings. The average molecular weight is 361 g/mol. The molecule has 26 heavy (non-hydrogen) atoms. The maximum atomic E-state index is 12.2. The van der Waals surface area contributed by atoms with Crippen molar-refractivity contribution in [3.8, 4) is 5.75 Å². The zero-order valence-corrected chi connectivity index (χ0v) is 16.2. The number of carbonyl (C=O) groups excluding carboxylic acids is 1. The Kier molecular flexibility index (Phi) is 5.91. The number of anilines is 1. The summed E-state index contributed by atoms with van der Waals surface area (Å²) in [5.74, 6) is 1.28. The number of benzene rings is 1. The van der Waals surface area contributed by atoms with Gasteiger partial charge in [-0.2, -0.15) is 0 Å². The molecule has 2 fully saturated rings. The number of para-hydroxylation sites is 2. The molecule has 6 heteroatoms. The van der Waals surface area contributed by atoms with E-state index >= 15 is 0 Å². The molecule has 0 saturated carbocycles. The van der Waals surface area contributed by atoms with E-state index in [1.807, 2.05) is 32.9 Å². The van der Waals surface area contributed by atoms with Crippen LogP contribution in [0.1, 0.15) is 27.2 Å². The van der Waals surface area contributed by atoms with Crippen LogP contribution in [0.15, 0.2) is 24.3 Å². The second-order valence-electron chi connectivity index (χ2n) is 8.10. The lowest BCUT2D eigenvalue weighted by Gasteiger charge is -2.31. The van der Waals surface area contributed by atoms with Gasteiger partial charge in [0.1, 0.15) is 11.4 Å². The molecule has 2 aliphatic heterocycles. The van der Waals surface area contributed by atoms with Crippen molar-refractivity contribution in [2.24, 2.45) is 5.92 Å². The van der Waals surface area contributed by atoms with Crippen molar-refractivity contribution in [2.45, 2.75) is 32.8 Å². The number of hydrogen-bond acceptors (Lipinski definition) is 5. The summed E-state index contributed by atoms with van der Waals surface area (Å²) in [7, 11) is 0. The van der Waals surface area contributed by atoms with E-state index in [1.54, 1.807) is 4.90 Å². The highest BCUT2D eigenvalue weighted by Crippen LogP contribution is 2.29. The van der Waals surface area contributed by atoms with E-state index in [2.05, 4.69) is 22.3 Å². The summed E-state index contributed by atoms with van der Waals surface area (Å²) in [6.07, 6.45) is 0.732. The molecule has 0 spiro atoms. The highest BCUT2D eigenvalue weighted by atomic mass is 16.6. The van der Waals surface area contributed by atoms with E-state index in [-0.39, 0.29) is 6.09 Å². The van der Waals surface area contributed by atoms with Crippen LogP contribution in [-0.4, -0.2) is 62.5 Å². The maximum absolute atomic E-state index is 12.2. The van der Waals surface area contributed by atoms with Gasteiger partial charge in [0.2, 0.25) is 0 Å². The van der Waals surface area contributed by atoms with Crippen LogP contribution in [-0.2, 0) is 4.74 Å². The van der Waals surface area contributed by atoms with Crippen LogP contribution in [0, 0.1) is 5.92 Å². The lowest BCUT2D eigenvalue weighted by Crippen LogP contribution is -2.43. The minimum atomic E-state index is -0.450. The molecule has 0 aromatic heterocycles. The fourth-order valence-corrected chi connectivity index (χ4v) is 3.41. The van der Waals surface area contributed by atoms with Crippen molar-refractivity contribution in [3.63, 3.8) is 0 Å². The molecule has 0 aliphatic carbocycles. The highest BCUT2D eigenvalue weighted by molar-refractivity contribution is 5.68. The minimum Gasteiger partial charge on any atom is -0.491 e. The quantitative estimate of drug-likeness (QED) is 0.894. The molecule has 144 valence electrons. The highest BCUT2D eigenvalue weighted by Gasteiger charge is 2.30. The van der Waals surface area contributed by atoms with Crippen molar-refractivity contribution in [1.82, 2.24) is 10.2 Å². The van der Waals surface area contributed by atoms with E-state index < -0.39 is 5.60 Å². The predicted molar refractivity (Wildman–Crippen MR) is 103 cm³/mol. The van der Waals surface area contributed by atoms with Gasteiger partial charge in [-0.1, -0.05) is 12.1 Å². The Labute approximate surface area is 156 Å². The van der Waals surface area contributed by atoms with Crippen LogP contribution in [0.4, 0.5) is 10.5 Å². The number of amides is 1. The smallest absolute Gasteiger partial charge is 0.410 e. The predicted octanol–water partition coefficient (Wildman–Crippen LogP) is 2.73. The number of hydrogen-bond donors (Lipinski definition) is 1. The number of nitrogens with zero attached hydrogens (tertiary/aromatic N) is 2. The number of nitrogens with one attached hydrogen (secondary N) is 1. The van der Waals surface area contributed by atoms with Crippen LogP contribution in [0.25, 0.3) is 0 Å². The van der Waals surface area contributed by atoms with Crippen LogP contribution in [0.5, 0.6) is 5.75 Å². The molecule has 0 radical (unpaired) electrons. The number of carbonyl (C=O) groups is 1. The second-order valence-corrected chi connectivity index (χ2v) is 8.10. The number of ether oxygens (including phenoxy) is 2. The van der Waals surface area contributed by atoms with Crippen molar-refractivity contribution in [3.05, 3.63) is 24.3 Å². The lowest BCUT2D eigenvalue weighted by molar-refractivity contribution is 0.0285. The van der Waals surface area contributed by atoms with Gasteiger partial charge in [0.15, 0.2) is 0 Å². The summed E-state index contributed by atoms with van der Waals surface area (Å²) in [6.45, 7) is 11.8. The molecule has 6 nitrogen and oxygen atoms in total. The Morgan fingerprint density at radius 3 is 2.65 bits per heavy atom. The first kappa shape index (κ1) is 18.8. The Balaban J connectivity index is 1.53. The first-order valence-electron chi connectivity index (χ1n) is 9.58. The fraction of sp³-hybridized carbons (Fsp3) is 0.650. The van der Waals surface area contributed by atoms with Crippen molar-refractivity contribution in [2.75, 3.05) is 50.8 Å². The summed E-state index contributed by atoms with van der Waals surface area (Å²) in [4.78, 5) is 16.4. The molecule has 3 rings (SSSR count). The molecular formula is C20H31N3O3. The van der Waals surface area contributed by atoms with E-state index in [1.165, 1.54) is 0 Å². The van der Waals surface area contributed by atoms with Gasteiger partial charge in [0, 0.05) is 45.2 Å².